The Morgan fingerprint density at radius 1 is 0.875 bits per heavy atom. The average Bonchev–Trinajstić information content (AvgIpc) is 2.98. The monoisotopic (exact) mass is 530 g/mol. The van der Waals surface area contributed by atoms with Crippen molar-refractivity contribution in [1.29, 1.82) is 0 Å². The molecule has 5 rings (SSSR count). The quantitative estimate of drug-likeness (QED) is 0.230. The lowest BCUT2D eigenvalue weighted by Crippen LogP contribution is -2.42. The predicted octanol–water partition coefficient (Wildman–Crippen LogP) is 7.23. The van der Waals surface area contributed by atoms with Gasteiger partial charge in [-0.2, -0.15) is 0 Å². The van der Waals surface area contributed by atoms with Gasteiger partial charge < -0.3 is 10.2 Å². The molecule has 0 aliphatic rings. The van der Waals surface area contributed by atoms with Crippen molar-refractivity contribution in [2.45, 2.75) is 39.7 Å². The molecule has 0 spiro atoms. The molecular formula is C34H34N4O2. The van der Waals surface area contributed by atoms with Crippen LogP contribution in [0.25, 0.3) is 16.6 Å². The molecule has 0 aliphatic heterocycles. The third-order valence-electron chi connectivity index (χ3n) is 7.38. The molecule has 0 saturated carbocycles. The number of nitrogens with one attached hydrogen (secondary N) is 1. The van der Waals surface area contributed by atoms with Crippen LogP contribution in [0.3, 0.4) is 0 Å². The molecule has 202 valence electrons. The summed E-state index contributed by atoms with van der Waals surface area (Å²) >= 11 is 0. The van der Waals surface area contributed by atoms with Gasteiger partial charge in [-0.25, -0.2) is 9.78 Å². The zero-order valence-corrected chi connectivity index (χ0v) is 23.2. The lowest BCUT2D eigenvalue weighted by Gasteiger charge is -2.32. The van der Waals surface area contributed by atoms with Crippen LogP contribution in [0.4, 0.5) is 10.5 Å². The minimum atomic E-state index is -0.452. The van der Waals surface area contributed by atoms with Gasteiger partial charge in [0.25, 0.3) is 5.56 Å². The van der Waals surface area contributed by atoms with E-state index in [2.05, 4.69) is 24.4 Å². The van der Waals surface area contributed by atoms with E-state index in [9.17, 15) is 9.59 Å². The van der Waals surface area contributed by atoms with Crippen LogP contribution in [-0.4, -0.2) is 27.0 Å². The number of amides is 2. The second-order valence-electron chi connectivity index (χ2n) is 10.0. The Hall–Kier alpha value is -4.71. The van der Waals surface area contributed by atoms with E-state index >= 15 is 0 Å². The summed E-state index contributed by atoms with van der Waals surface area (Å²) in [6.07, 6.45) is 1.24. The largest absolute Gasteiger partial charge is 0.322 e. The van der Waals surface area contributed by atoms with E-state index in [0.717, 1.165) is 22.4 Å². The third kappa shape index (κ3) is 5.66. The minimum absolute atomic E-state index is 0.145. The fourth-order valence-electron chi connectivity index (χ4n) is 5.04. The first-order valence-corrected chi connectivity index (χ1v) is 13.7. The highest BCUT2D eigenvalue weighted by atomic mass is 16.2. The summed E-state index contributed by atoms with van der Waals surface area (Å²) < 4.78 is 1.69. The Bertz CT molecular complexity index is 1680. The normalized spacial score (nSPS) is 11.8. The van der Waals surface area contributed by atoms with E-state index in [-0.39, 0.29) is 11.6 Å². The Kier molecular flexibility index (Phi) is 8.06. The molecule has 0 radical (unpaired) electrons. The molecule has 2 amide bonds. The molecule has 1 unspecified atom stereocenters. The smallest absolute Gasteiger partial charge is 0.314 e. The summed E-state index contributed by atoms with van der Waals surface area (Å²) in [6, 6.07) is 32.3. The molecule has 0 bridgehead atoms. The predicted molar refractivity (Wildman–Crippen MR) is 162 cm³/mol. The van der Waals surface area contributed by atoms with Gasteiger partial charge in [0.1, 0.15) is 5.82 Å². The Balaban J connectivity index is 1.65. The maximum absolute atomic E-state index is 14.0. The molecule has 1 aromatic heterocycles. The number of carbonyl (C=O) groups excluding carboxylic acids is 1. The second kappa shape index (κ2) is 12.0. The number of benzene rings is 4. The van der Waals surface area contributed by atoms with Crippen molar-refractivity contribution < 1.29 is 4.79 Å². The summed E-state index contributed by atoms with van der Waals surface area (Å²) in [6.45, 7) is 6.57. The van der Waals surface area contributed by atoms with Crippen LogP contribution in [0.2, 0.25) is 0 Å². The lowest BCUT2D eigenvalue weighted by molar-refractivity contribution is 0.182. The highest BCUT2D eigenvalue weighted by Crippen LogP contribution is 2.28. The Labute approximate surface area is 234 Å². The number of carbonyl (C=O) groups is 1. The van der Waals surface area contributed by atoms with Gasteiger partial charge >= 0.3 is 6.03 Å². The van der Waals surface area contributed by atoms with E-state index in [4.69, 9.17) is 4.98 Å². The van der Waals surface area contributed by atoms with E-state index in [1.54, 1.807) is 4.57 Å². The van der Waals surface area contributed by atoms with Gasteiger partial charge in [0.05, 0.1) is 22.6 Å². The average molecular weight is 531 g/mol. The number of nitrogens with zero attached hydrogens (tertiary/aromatic N) is 3. The number of hydrogen-bond donors (Lipinski definition) is 1. The molecular weight excluding hydrogens is 496 g/mol. The summed E-state index contributed by atoms with van der Waals surface area (Å²) in [5.74, 6) is 0.547. The molecule has 1 heterocycles. The maximum atomic E-state index is 14.0. The highest BCUT2D eigenvalue weighted by Gasteiger charge is 2.29. The van der Waals surface area contributed by atoms with Crippen LogP contribution in [0.1, 0.15) is 41.9 Å². The van der Waals surface area contributed by atoms with Gasteiger partial charge in [0.15, 0.2) is 0 Å². The van der Waals surface area contributed by atoms with Crippen LogP contribution < -0.4 is 10.9 Å². The van der Waals surface area contributed by atoms with Crippen molar-refractivity contribution in [3.05, 3.63) is 136 Å². The van der Waals surface area contributed by atoms with Crippen LogP contribution in [0.5, 0.6) is 0 Å². The van der Waals surface area contributed by atoms with Crippen molar-refractivity contribution in [3.63, 3.8) is 0 Å². The van der Waals surface area contributed by atoms with E-state index in [1.165, 1.54) is 0 Å². The van der Waals surface area contributed by atoms with Gasteiger partial charge in [-0.15, -0.1) is 0 Å². The fourth-order valence-corrected chi connectivity index (χ4v) is 5.04. The molecule has 6 nitrogen and oxygen atoms in total. The number of para-hydroxylation sites is 2. The first kappa shape index (κ1) is 26.9. The number of anilines is 1. The van der Waals surface area contributed by atoms with Crippen molar-refractivity contribution in [3.8, 4) is 5.69 Å². The first-order chi connectivity index (χ1) is 19.5. The van der Waals surface area contributed by atoms with Gasteiger partial charge in [0.2, 0.25) is 0 Å². The molecule has 1 atom stereocenters. The number of fused-ring (bicyclic) bond motifs is 1. The van der Waals surface area contributed by atoms with Crippen LogP contribution in [-0.2, 0) is 6.42 Å². The SMILES string of the molecule is CCC(c1nc2ccccc2c(=O)n1-c1ccc(C)c(C)c1)N(CCc1ccccc1)C(=O)Nc1ccccc1. The van der Waals surface area contributed by atoms with E-state index < -0.39 is 6.04 Å². The Morgan fingerprint density at radius 3 is 2.25 bits per heavy atom. The lowest BCUT2D eigenvalue weighted by atomic mass is 10.1. The van der Waals surface area contributed by atoms with Crippen LogP contribution in [0.15, 0.2) is 108 Å². The standard InChI is InChI=1S/C34H34N4O2/c1-4-31(37(22-21-26-13-7-5-8-14-26)34(40)35-27-15-9-6-10-16-27)32-36-30-18-12-11-17-29(30)33(39)38(32)28-20-19-24(2)25(3)23-28/h5-20,23,31H,4,21-22H2,1-3H3,(H,35,40). The molecule has 5 aromatic rings. The number of aromatic nitrogens is 2. The molecule has 6 heteroatoms. The number of aryl methyl sites for hydroxylation is 2. The molecule has 1 N–H and O–H groups in total. The zero-order chi connectivity index (χ0) is 28.1. The van der Waals surface area contributed by atoms with Crippen molar-refractivity contribution >= 4 is 22.6 Å². The van der Waals surface area contributed by atoms with Gasteiger partial charge in [-0.3, -0.25) is 9.36 Å². The summed E-state index contributed by atoms with van der Waals surface area (Å²) in [5, 5.41) is 3.61. The highest BCUT2D eigenvalue weighted by molar-refractivity contribution is 5.89. The molecule has 4 aromatic carbocycles. The van der Waals surface area contributed by atoms with E-state index in [0.29, 0.717) is 41.8 Å². The third-order valence-corrected chi connectivity index (χ3v) is 7.38. The van der Waals surface area contributed by atoms with Crippen LogP contribution >= 0.6 is 0 Å². The van der Waals surface area contributed by atoms with Crippen LogP contribution in [0, 0.1) is 13.8 Å². The van der Waals surface area contributed by atoms with Gasteiger partial charge in [-0.05, 0) is 79.8 Å². The second-order valence-corrected chi connectivity index (χ2v) is 10.0. The molecule has 0 aliphatic carbocycles. The summed E-state index contributed by atoms with van der Waals surface area (Å²) in [4.78, 5) is 34.8. The van der Waals surface area contributed by atoms with Gasteiger partial charge in [0, 0.05) is 12.2 Å². The number of urea groups is 1. The first-order valence-electron chi connectivity index (χ1n) is 13.7. The van der Waals surface area contributed by atoms with E-state index in [1.807, 2.05) is 110 Å². The topological polar surface area (TPSA) is 67.2 Å². The maximum Gasteiger partial charge on any atom is 0.322 e. The van der Waals surface area contributed by atoms with Crippen molar-refractivity contribution in [1.82, 2.24) is 14.5 Å². The number of rotatable bonds is 8. The molecule has 40 heavy (non-hydrogen) atoms. The Morgan fingerprint density at radius 2 is 1.55 bits per heavy atom. The molecule has 0 saturated heterocycles. The van der Waals surface area contributed by atoms with Gasteiger partial charge in [-0.1, -0.05) is 73.7 Å². The van der Waals surface area contributed by atoms with Crippen molar-refractivity contribution in [2.75, 3.05) is 11.9 Å². The zero-order valence-electron chi connectivity index (χ0n) is 23.2. The minimum Gasteiger partial charge on any atom is -0.314 e. The summed E-state index contributed by atoms with van der Waals surface area (Å²) in [5.41, 5.74) is 5.29. The van der Waals surface area contributed by atoms with Crippen molar-refractivity contribution in [2.24, 2.45) is 0 Å². The summed E-state index contributed by atoms with van der Waals surface area (Å²) in [7, 11) is 0. The number of hydrogen-bond acceptors (Lipinski definition) is 3. The fraction of sp³-hybridized carbons (Fsp3) is 0.206. The molecule has 0 fully saturated rings.